The predicted molar refractivity (Wildman–Crippen MR) is 120 cm³/mol. The molecule has 0 bridgehead atoms. The van der Waals surface area contributed by atoms with Crippen molar-refractivity contribution in [3.05, 3.63) is 53.2 Å². The summed E-state index contributed by atoms with van der Waals surface area (Å²) in [4.78, 5) is 27.1. The number of ether oxygens (including phenoxy) is 2. The van der Waals surface area contributed by atoms with Gasteiger partial charge in [-0.2, -0.15) is 0 Å². The lowest BCUT2D eigenvalue weighted by atomic mass is 9.88. The third-order valence-corrected chi connectivity index (χ3v) is 6.96. The van der Waals surface area contributed by atoms with Crippen LogP contribution in [-0.2, 0) is 4.74 Å². The van der Waals surface area contributed by atoms with Gasteiger partial charge >= 0.3 is 0 Å². The van der Waals surface area contributed by atoms with Gasteiger partial charge in [0.1, 0.15) is 22.9 Å². The lowest BCUT2D eigenvalue weighted by Gasteiger charge is -2.32. The maximum atomic E-state index is 14.9. The molecule has 2 aromatic heterocycles. The summed E-state index contributed by atoms with van der Waals surface area (Å²) in [6, 6.07) is 7.39. The standard InChI is InChI=1S/C25H27FN4O3/c26-20-13-27-24-22(28-23(29-24)17-9-12-32-14-17)21(20)15-7-10-30(11-8-15)25(31)16-1-3-18(4-2-16)33-19-5-6-19/h1-4,13,15,17,19H,5-12,14H2,(H,27,28,29). The Morgan fingerprint density at radius 1 is 1.09 bits per heavy atom. The largest absolute Gasteiger partial charge is 0.490 e. The van der Waals surface area contributed by atoms with Crippen LogP contribution in [0.3, 0.4) is 0 Å². The zero-order valence-electron chi connectivity index (χ0n) is 18.4. The maximum Gasteiger partial charge on any atom is 0.253 e. The van der Waals surface area contributed by atoms with Crippen molar-refractivity contribution in [2.24, 2.45) is 0 Å². The zero-order chi connectivity index (χ0) is 22.4. The van der Waals surface area contributed by atoms with Crippen LogP contribution in [0.2, 0.25) is 0 Å². The fourth-order valence-corrected chi connectivity index (χ4v) is 4.91. The van der Waals surface area contributed by atoms with E-state index in [2.05, 4.69) is 9.97 Å². The first kappa shape index (κ1) is 20.6. The third kappa shape index (κ3) is 4.08. The number of pyridine rings is 1. The second kappa shape index (κ2) is 8.41. The number of amides is 1. The van der Waals surface area contributed by atoms with Crippen LogP contribution in [0.25, 0.3) is 11.2 Å². The van der Waals surface area contributed by atoms with Gasteiger partial charge in [0, 0.05) is 36.7 Å². The van der Waals surface area contributed by atoms with E-state index in [-0.39, 0.29) is 23.6 Å². The van der Waals surface area contributed by atoms with Crippen LogP contribution in [0.15, 0.2) is 30.5 Å². The number of imidazole rings is 1. The number of carbonyl (C=O) groups is 1. The molecule has 1 unspecified atom stereocenters. The summed E-state index contributed by atoms with van der Waals surface area (Å²) in [5.41, 5.74) is 2.52. The van der Waals surface area contributed by atoms with Gasteiger partial charge in [-0.3, -0.25) is 4.79 Å². The molecule has 33 heavy (non-hydrogen) atoms. The molecule has 1 atom stereocenters. The van der Waals surface area contributed by atoms with E-state index in [4.69, 9.17) is 14.5 Å². The highest BCUT2D eigenvalue weighted by atomic mass is 19.1. The Hall–Kier alpha value is -3.00. The van der Waals surface area contributed by atoms with E-state index in [0.29, 0.717) is 60.9 Å². The number of nitrogens with one attached hydrogen (secondary N) is 1. The Labute approximate surface area is 191 Å². The number of rotatable bonds is 5. The Morgan fingerprint density at radius 2 is 1.88 bits per heavy atom. The first-order valence-electron chi connectivity index (χ1n) is 11.8. The van der Waals surface area contributed by atoms with Crippen molar-refractivity contribution in [1.82, 2.24) is 19.9 Å². The van der Waals surface area contributed by atoms with Gasteiger partial charge in [-0.05, 0) is 62.3 Å². The van der Waals surface area contributed by atoms with Crippen molar-refractivity contribution in [2.75, 3.05) is 26.3 Å². The second-order valence-corrected chi connectivity index (χ2v) is 9.31. The Balaban J connectivity index is 1.16. The molecule has 3 aliphatic rings. The van der Waals surface area contributed by atoms with E-state index in [1.165, 1.54) is 6.20 Å². The number of carbonyl (C=O) groups excluding carboxylic acids is 1. The van der Waals surface area contributed by atoms with Crippen molar-refractivity contribution in [2.45, 2.75) is 50.0 Å². The minimum atomic E-state index is -0.320. The number of piperidine rings is 1. The fourth-order valence-electron chi connectivity index (χ4n) is 4.91. The number of hydrogen-bond donors (Lipinski definition) is 1. The summed E-state index contributed by atoms with van der Waals surface area (Å²) >= 11 is 0. The number of fused-ring (bicyclic) bond motifs is 1. The molecule has 8 heteroatoms. The average molecular weight is 451 g/mol. The smallest absolute Gasteiger partial charge is 0.253 e. The van der Waals surface area contributed by atoms with Crippen molar-refractivity contribution < 1.29 is 18.7 Å². The van der Waals surface area contributed by atoms with Crippen molar-refractivity contribution >= 4 is 17.1 Å². The van der Waals surface area contributed by atoms with E-state index < -0.39 is 0 Å². The molecule has 6 rings (SSSR count). The molecule has 0 spiro atoms. The van der Waals surface area contributed by atoms with E-state index in [1.54, 1.807) is 0 Å². The van der Waals surface area contributed by atoms with Gasteiger partial charge in [0.2, 0.25) is 0 Å². The Morgan fingerprint density at radius 3 is 2.58 bits per heavy atom. The normalized spacial score (nSPS) is 21.6. The molecular formula is C25H27FN4O3. The minimum Gasteiger partial charge on any atom is -0.490 e. The molecule has 3 fully saturated rings. The maximum absolute atomic E-state index is 14.9. The minimum absolute atomic E-state index is 0.00449. The molecule has 2 saturated heterocycles. The predicted octanol–water partition coefficient (Wildman–Crippen LogP) is 4.16. The summed E-state index contributed by atoms with van der Waals surface area (Å²) in [5.74, 6) is 1.53. The molecule has 3 aromatic rings. The number of aromatic amines is 1. The monoisotopic (exact) mass is 450 g/mol. The van der Waals surface area contributed by atoms with Crippen LogP contribution in [0.4, 0.5) is 4.39 Å². The molecule has 0 radical (unpaired) electrons. The zero-order valence-corrected chi connectivity index (χ0v) is 18.4. The van der Waals surface area contributed by atoms with Gasteiger partial charge in [0.15, 0.2) is 5.65 Å². The van der Waals surface area contributed by atoms with Gasteiger partial charge in [-0.1, -0.05) is 0 Å². The number of hydrogen-bond acceptors (Lipinski definition) is 5. The van der Waals surface area contributed by atoms with Crippen molar-refractivity contribution in [3.8, 4) is 5.75 Å². The highest BCUT2D eigenvalue weighted by molar-refractivity contribution is 5.94. The number of halogens is 1. The SMILES string of the molecule is O=C(c1ccc(OC2CC2)cc1)N1CCC(c2c(F)cnc3[nH]c(C4CCOC4)nc23)CC1. The van der Waals surface area contributed by atoms with Crippen LogP contribution in [0.1, 0.15) is 65.7 Å². The average Bonchev–Trinajstić information content (AvgIpc) is 3.31. The van der Waals surface area contributed by atoms with Gasteiger partial charge in [-0.25, -0.2) is 14.4 Å². The van der Waals surface area contributed by atoms with E-state index in [1.807, 2.05) is 29.2 Å². The lowest BCUT2D eigenvalue weighted by Crippen LogP contribution is -2.38. The van der Waals surface area contributed by atoms with Crippen LogP contribution in [-0.4, -0.2) is 58.2 Å². The molecule has 1 amide bonds. The number of benzene rings is 1. The van der Waals surface area contributed by atoms with Crippen LogP contribution in [0, 0.1) is 5.82 Å². The lowest BCUT2D eigenvalue weighted by molar-refractivity contribution is 0.0712. The molecular weight excluding hydrogens is 423 g/mol. The number of likely N-dealkylation sites (tertiary alicyclic amines) is 1. The highest BCUT2D eigenvalue weighted by Gasteiger charge is 2.30. The van der Waals surface area contributed by atoms with Crippen molar-refractivity contribution in [1.29, 1.82) is 0 Å². The topological polar surface area (TPSA) is 80.3 Å². The van der Waals surface area contributed by atoms with Crippen LogP contribution < -0.4 is 4.74 Å². The molecule has 2 aliphatic heterocycles. The molecule has 7 nitrogen and oxygen atoms in total. The van der Waals surface area contributed by atoms with E-state index >= 15 is 0 Å². The fraction of sp³-hybridized carbons (Fsp3) is 0.480. The van der Waals surface area contributed by atoms with Gasteiger partial charge in [-0.15, -0.1) is 0 Å². The van der Waals surface area contributed by atoms with Crippen LogP contribution >= 0.6 is 0 Å². The summed E-state index contributed by atoms with van der Waals surface area (Å²) in [5, 5.41) is 0. The Kier molecular flexibility index (Phi) is 5.25. The first-order valence-corrected chi connectivity index (χ1v) is 11.8. The second-order valence-electron chi connectivity index (χ2n) is 9.31. The molecule has 1 N–H and O–H groups in total. The first-order chi connectivity index (χ1) is 16.2. The van der Waals surface area contributed by atoms with E-state index in [0.717, 1.165) is 37.4 Å². The van der Waals surface area contributed by atoms with Gasteiger partial charge < -0.3 is 19.4 Å². The summed E-state index contributed by atoms with van der Waals surface area (Å²) in [7, 11) is 0. The Bertz CT molecular complexity index is 1160. The van der Waals surface area contributed by atoms with E-state index in [9.17, 15) is 9.18 Å². The summed E-state index contributed by atoms with van der Waals surface area (Å²) in [6.07, 6.45) is 6.13. The van der Waals surface area contributed by atoms with Gasteiger partial charge in [0.25, 0.3) is 5.91 Å². The van der Waals surface area contributed by atoms with Crippen molar-refractivity contribution in [3.63, 3.8) is 0 Å². The molecule has 1 aromatic carbocycles. The number of aromatic nitrogens is 3. The highest BCUT2D eigenvalue weighted by Crippen LogP contribution is 2.35. The van der Waals surface area contributed by atoms with Gasteiger partial charge in [0.05, 0.1) is 18.9 Å². The molecule has 1 aliphatic carbocycles. The summed E-state index contributed by atoms with van der Waals surface area (Å²) in [6.45, 7) is 2.52. The molecule has 1 saturated carbocycles. The molecule has 172 valence electrons. The molecule has 4 heterocycles. The van der Waals surface area contributed by atoms with Crippen LogP contribution in [0.5, 0.6) is 5.75 Å². The number of nitrogens with zero attached hydrogens (tertiary/aromatic N) is 3. The quantitative estimate of drug-likeness (QED) is 0.631. The summed E-state index contributed by atoms with van der Waals surface area (Å²) < 4.78 is 26.2. The number of H-pyrrole nitrogens is 1. The third-order valence-electron chi connectivity index (χ3n) is 6.96.